The number of Topliss-reactive ketones (excluding diaryl/α,β-unsaturated/α-hetero) is 1. The summed E-state index contributed by atoms with van der Waals surface area (Å²) >= 11 is 12.0. The van der Waals surface area contributed by atoms with Crippen molar-refractivity contribution in [2.45, 2.75) is 17.9 Å². The Morgan fingerprint density at radius 3 is 2.54 bits per heavy atom. The first-order chi connectivity index (χ1) is 13.1. The Kier molecular flexibility index (Phi) is 5.26. The Morgan fingerprint density at radius 2 is 1.93 bits per heavy atom. The van der Waals surface area contributed by atoms with E-state index in [2.05, 4.69) is 10.3 Å². The van der Waals surface area contributed by atoms with Crippen LogP contribution in [0.3, 0.4) is 0 Å². The van der Waals surface area contributed by atoms with Gasteiger partial charge in [-0.3, -0.25) is 9.78 Å². The van der Waals surface area contributed by atoms with E-state index in [1.54, 1.807) is 0 Å². The zero-order chi connectivity index (χ0) is 20.7. The SMILES string of the molecule is O=C1N[C@H](c2cccc(Cl)c2Cl)[C@H](C(=O)c2cccnc2)[C@@](O)(C(F)(F)F)N1. The van der Waals surface area contributed by atoms with Crippen LogP contribution in [0.25, 0.3) is 0 Å². The minimum atomic E-state index is -5.36. The fourth-order valence-electron chi connectivity index (χ4n) is 3.05. The fraction of sp³-hybridized carbons (Fsp3) is 0.235. The second-order valence-electron chi connectivity index (χ2n) is 6.07. The second-order valence-corrected chi connectivity index (χ2v) is 6.85. The molecule has 3 atom stereocenters. The van der Waals surface area contributed by atoms with Gasteiger partial charge in [-0.05, 0) is 23.8 Å². The summed E-state index contributed by atoms with van der Waals surface area (Å²) < 4.78 is 41.3. The lowest BCUT2D eigenvalue weighted by molar-refractivity contribution is -0.287. The number of nitrogens with zero attached hydrogens (tertiary/aromatic N) is 1. The molecule has 28 heavy (non-hydrogen) atoms. The number of ketones is 1. The maximum atomic E-state index is 13.8. The fourth-order valence-corrected chi connectivity index (χ4v) is 3.47. The van der Waals surface area contributed by atoms with Crippen LogP contribution in [0.4, 0.5) is 18.0 Å². The minimum absolute atomic E-state index is 0.00933. The molecule has 1 aromatic heterocycles. The Hall–Kier alpha value is -2.36. The van der Waals surface area contributed by atoms with Crippen LogP contribution < -0.4 is 10.6 Å². The summed E-state index contributed by atoms with van der Waals surface area (Å²) in [4.78, 5) is 28.6. The highest BCUT2D eigenvalue weighted by Crippen LogP contribution is 2.45. The Labute approximate surface area is 166 Å². The van der Waals surface area contributed by atoms with Gasteiger partial charge in [-0.2, -0.15) is 13.2 Å². The molecule has 1 aromatic carbocycles. The lowest BCUT2D eigenvalue weighted by atomic mass is 9.77. The van der Waals surface area contributed by atoms with Crippen LogP contribution in [-0.4, -0.2) is 33.8 Å². The van der Waals surface area contributed by atoms with Crippen LogP contribution in [0.5, 0.6) is 0 Å². The number of benzene rings is 1. The number of carbonyl (C=O) groups excluding carboxylic acids is 2. The number of amides is 2. The highest BCUT2D eigenvalue weighted by atomic mass is 35.5. The molecule has 0 spiro atoms. The molecule has 3 rings (SSSR count). The van der Waals surface area contributed by atoms with Gasteiger partial charge in [0.25, 0.3) is 0 Å². The average molecular weight is 434 g/mol. The van der Waals surface area contributed by atoms with Gasteiger partial charge in [0.05, 0.1) is 16.1 Å². The quantitative estimate of drug-likeness (QED) is 0.646. The molecule has 0 radical (unpaired) electrons. The van der Waals surface area contributed by atoms with E-state index in [9.17, 15) is 27.9 Å². The van der Waals surface area contributed by atoms with Crippen LogP contribution in [0.15, 0.2) is 42.7 Å². The van der Waals surface area contributed by atoms with Crippen LogP contribution >= 0.6 is 23.2 Å². The van der Waals surface area contributed by atoms with Gasteiger partial charge in [-0.1, -0.05) is 35.3 Å². The monoisotopic (exact) mass is 433 g/mol. The van der Waals surface area contributed by atoms with E-state index in [0.29, 0.717) is 0 Å². The first-order valence-electron chi connectivity index (χ1n) is 7.82. The summed E-state index contributed by atoms with van der Waals surface area (Å²) in [6.45, 7) is 0. The average Bonchev–Trinajstić information content (AvgIpc) is 2.63. The number of halogens is 5. The van der Waals surface area contributed by atoms with Gasteiger partial charge in [0.1, 0.15) is 5.92 Å². The van der Waals surface area contributed by atoms with Crippen LogP contribution in [-0.2, 0) is 0 Å². The molecule has 2 amide bonds. The van der Waals surface area contributed by atoms with Gasteiger partial charge in [0.2, 0.25) is 5.72 Å². The maximum Gasteiger partial charge on any atom is 0.437 e. The van der Waals surface area contributed by atoms with Crippen molar-refractivity contribution in [1.29, 1.82) is 0 Å². The van der Waals surface area contributed by atoms with Gasteiger partial charge in [0.15, 0.2) is 5.78 Å². The molecule has 2 aromatic rings. The van der Waals surface area contributed by atoms with E-state index in [0.717, 1.165) is 6.20 Å². The highest BCUT2D eigenvalue weighted by molar-refractivity contribution is 6.42. The predicted octanol–water partition coefficient (Wildman–Crippen LogP) is 3.49. The molecule has 6 nitrogen and oxygen atoms in total. The summed E-state index contributed by atoms with van der Waals surface area (Å²) in [6, 6.07) is 3.77. The van der Waals surface area contributed by atoms with Gasteiger partial charge < -0.3 is 15.7 Å². The molecule has 0 saturated carbocycles. The van der Waals surface area contributed by atoms with E-state index < -0.39 is 35.7 Å². The molecule has 1 saturated heterocycles. The highest BCUT2D eigenvalue weighted by Gasteiger charge is 2.66. The largest absolute Gasteiger partial charge is 0.437 e. The molecular weight excluding hydrogens is 422 g/mol. The predicted molar refractivity (Wildman–Crippen MR) is 93.9 cm³/mol. The van der Waals surface area contributed by atoms with Gasteiger partial charge in [-0.15, -0.1) is 0 Å². The van der Waals surface area contributed by atoms with Gasteiger partial charge in [0, 0.05) is 18.0 Å². The van der Waals surface area contributed by atoms with Gasteiger partial charge >= 0.3 is 12.2 Å². The van der Waals surface area contributed by atoms with Crippen molar-refractivity contribution in [3.8, 4) is 0 Å². The number of aromatic nitrogens is 1. The minimum Gasteiger partial charge on any atom is -0.363 e. The smallest absolute Gasteiger partial charge is 0.363 e. The molecular formula is C17H12Cl2F3N3O3. The third-order valence-electron chi connectivity index (χ3n) is 4.35. The molecule has 3 N–H and O–H groups in total. The van der Waals surface area contributed by atoms with Crippen LogP contribution in [0, 0.1) is 5.92 Å². The van der Waals surface area contributed by atoms with Crippen molar-refractivity contribution < 1.29 is 27.9 Å². The van der Waals surface area contributed by atoms with Crippen LogP contribution in [0.2, 0.25) is 10.0 Å². The number of nitrogens with one attached hydrogen (secondary N) is 2. The number of rotatable bonds is 3. The molecule has 148 valence electrons. The second kappa shape index (κ2) is 7.23. The molecule has 0 unspecified atom stereocenters. The first kappa shape index (κ1) is 20.4. The zero-order valence-corrected chi connectivity index (χ0v) is 15.3. The summed E-state index contributed by atoms with van der Waals surface area (Å²) in [7, 11) is 0. The number of alkyl halides is 3. The summed E-state index contributed by atoms with van der Waals surface area (Å²) in [6.07, 6.45) is -2.97. The Balaban J connectivity index is 2.22. The van der Waals surface area contributed by atoms with Crippen LogP contribution in [0.1, 0.15) is 22.0 Å². The normalized spacial score (nSPS) is 25.0. The molecule has 1 aliphatic heterocycles. The van der Waals surface area contributed by atoms with E-state index in [4.69, 9.17) is 23.2 Å². The summed E-state index contributed by atoms with van der Waals surface area (Å²) in [5.41, 5.74) is -4.08. The van der Waals surface area contributed by atoms with E-state index >= 15 is 0 Å². The Morgan fingerprint density at radius 1 is 1.21 bits per heavy atom. The number of carbonyl (C=O) groups is 2. The number of hydrogen-bond donors (Lipinski definition) is 3. The van der Waals surface area contributed by atoms with Gasteiger partial charge in [-0.25, -0.2) is 4.79 Å². The van der Waals surface area contributed by atoms with Crippen molar-refractivity contribution in [2.24, 2.45) is 5.92 Å². The summed E-state index contributed by atoms with van der Waals surface area (Å²) in [5, 5.41) is 14.0. The zero-order valence-electron chi connectivity index (χ0n) is 13.8. The number of pyridine rings is 1. The van der Waals surface area contributed by atoms with Crippen molar-refractivity contribution >= 4 is 35.0 Å². The van der Waals surface area contributed by atoms with E-state index in [-0.39, 0.29) is 21.2 Å². The molecule has 0 bridgehead atoms. The number of urea groups is 1. The molecule has 2 heterocycles. The molecule has 1 fully saturated rings. The third kappa shape index (κ3) is 3.41. The van der Waals surface area contributed by atoms with Crippen molar-refractivity contribution in [1.82, 2.24) is 15.6 Å². The Bertz CT molecular complexity index is 927. The molecule has 11 heteroatoms. The number of aliphatic hydroxyl groups is 1. The van der Waals surface area contributed by atoms with E-state index in [1.807, 2.05) is 0 Å². The maximum absolute atomic E-state index is 13.8. The lowest BCUT2D eigenvalue weighted by Crippen LogP contribution is -2.72. The lowest BCUT2D eigenvalue weighted by Gasteiger charge is -2.45. The van der Waals surface area contributed by atoms with Crippen molar-refractivity contribution in [3.05, 3.63) is 63.9 Å². The van der Waals surface area contributed by atoms with Crippen molar-refractivity contribution in [3.63, 3.8) is 0 Å². The number of hydrogen-bond acceptors (Lipinski definition) is 4. The third-order valence-corrected chi connectivity index (χ3v) is 5.18. The first-order valence-corrected chi connectivity index (χ1v) is 8.58. The van der Waals surface area contributed by atoms with Crippen molar-refractivity contribution in [2.75, 3.05) is 0 Å². The molecule has 0 aliphatic carbocycles. The topological polar surface area (TPSA) is 91.3 Å². The van der Waals surface area contributed by atoms with E-state index in [1.165, 1.54) is 41.8 Å². The standard InChI is InChI=1S/C17H12Cl2F3N3O3/c18-10-5-1-4-9(12(10)19)13-11(14(26)8-3-2-6-23-7-8)16(28,17(20,21)22)25-15(27)24-13/h1-7,11,13,28H,(H2,24,25,27)/t11-,13-,16-/m1/s1. The molecule has 1 aliphatic rings. The summed E-state index contributed by atoms with van der Waals surface area (Å²) in [5.74, 6) is -3.30.